The summed E-state index contributed by atoms with van der Waals surface area (Å²) in [4.78, 5) is 14.5. The van der Waals surface area contributed by atoms with Gasteiger partial charge >= 0.3 is 5.97 Å². The number of nitrogens with zero attached hydrogens (tertiary/aromatic N) is 1. The van der Waals surface area contributed by atoms with E-state index in [1.165, 1.54) is 19.3 Å². The van der Waals surface area contributed by atoms with Gasteiger partial charge in [0.05, 0.1) is 6.61 Å². The SMILES string of the molecule is CCCCCCN(C)C(C)(CCCO)C(=O)OCCCN. The van der Waals surface area contributed by atoms with Crippen molar-refractivity contribution in [2.45, 2.75) is 64.3 Å². The fourth-order valence-electron chi connectivity index (χ4n) is 2.30. The first-order chi connectivity index (χ1) is 10.0. The zero-order valence-corrected chi connectivity index (χ0v) is 14.1. The molecule has 0 aromatic carbocycles. The van der Waals surface area contributed by atoms with Gasteiger partial charge in [0.25, 0.3) is 0 Å². The summed E-state index contributed by atoms with van der Waals surface area (Å²) in [6, 6.07) is 0. The Morgan fingerprint density at radius 1 is 1.24 bits per heavy atom. The molecule has 0 aromatic rings. The largest absolute Gasteiger partial charge is 0.464 e. The van der Waals surface area contributed by atoms with Crippen molar-refractivity contribution in [3.05, 3.63) is 0 Å². The Morgan fingerprint density at radius 2 is 1.95 bits per heavy atom. The third-order valence-electron chi connectivity index (χ3n) is 4.03. The van der Waals surface area contributed by atoms with Crippen molar-refractivity contribution in [2.24, 2.45) is 5.73 Å². The molecule has 5 nitrogen and oxygen atoms in total. The van der Waals surface area contributed by atoms with Crippen LogP contribution in [-0.2, 0) is 9.53 Å². The highest BCUT2D eigenvalue weighted by molar-refractivity contribution is 5.80. The number of carbonyl (C=O) groups is 1. The predicted molar refractivity (Wildman–Crippen MR) is 86.1 cm³/mol. The number of aliphatic hydroxyl groups excluding tert-OH is 1. The van der Waals surface area contributed by atoms with Gasteiger partial charge in [0.15, 0.2) is 0 Å². The number of rotatable bonds is 13. The second kappa shape index (κ2) is 12.0. The Balaban J connectivity index is 4.52. The second-order valence-corrected chi connectivity index (χ2v) is 5.86. The van der Waals surface area contributed by atoms with Crippen molar-refractivity contribution in [3.8, 4) is 0 Å². The first-order valence-electron chi connectivity index (χ1n) is 8.22. The lowest BCUT2D eigenvalue weighted by molar-refractivity contribution is -0.157. The van der Waals surface area contributed by atoms with E-state index in [1.54, 1.807) is 0 Å². The van der Waals surface area contributed by atoms with Gasteiger partial charge in [0.1, 0.15) is 5.54 Å². The molecule has 0 bridgehead atoms. The molecule has 3 N–H and O–H groups in total. The Hall–Kier alpha value is -0.650. The molecule has 0 aromatic heterocycles. The molecule has 0 rings (SSSR count). The molecule has 0 aliphatic heterocycles. The van der Waals surface area contributed by atoms with E-state index in [1.807, 2.05) is 14.0 Å². The third kappa shape index (κ3) is 7.79. The molecular formula is C16H34N2O3. The van der Waals surface area contributed by atoms with Crippen LogP contribution in [0.25, 0.3) is 0 Å². The first-order valence-corrected chi connectivity index (χ1v) is 8.22. The highest BCUT2D eigenvalue weighted by atomic mass is 16.5. The Kier molecular flexibility index (Phi) is 11.6. The number of esters is 1. The number of hydrogen-bond acceptors (Lipinski definition) is 5. The van der Waals surface area contributed by atoms with Gasteiger partial charge < -0.3 is 15.6 Å². The zero-order valence-electron chi connectivity index (χ0n) is 14.1. The monoisotopic (exact) mass is 302 g/mol. The molecule has 21 heavy (non-hydrogen) atoms. The summed E-state index contributed by atoms with van der Waals surface area (Å²) in [7, 11) is 1.97. The summed E-state index contributed by atoms with van der Waals surface area (Å²) < 4.78 is 5.35. The van der Waals surface area contributed by atoms with Gasteiger partial charge in [0, 0.05) is 6.61 Å². The quantitative estimate of drug-likeness (QED) is 0.401. The molecule has 0 saturated heterocycles. The minimum absolute atomic E-state index is 0.0926. The van der Waals surface area contributed by atoms with Gasteiger partial charge in [-0.1, -0.05) is 26.2 Å². The van der Waals surface area contributed by atoms with Gasteiger partial charge in [0.2, 0.25) is 0 Å². The number of hydrogen-bond donors (Lipinski definition) is 2. The summed E-state index contributed by atoms with van der Waals surface area (Å²) >= 11 is 0. The normalized spacial score (nSPS) is 14.2. The van der Waals surface area contributed by atoms with Crippen molar-refractivity contribution < 1.29 is 14.6 Å². The summed E-state index contributed by atoms with van der Waals surface area (Å²) in [5, 5.41) is 9.07. The van der Waals surface area contributed by atoms with Crippen molar-refractivity contribution in [3.63, 3.8) is 0 Å². The standard InChI is InChI=1S/C16H34N2O3/c1-4-5-6-7-12-18(3)16(2,10-8-13-19)15(20)21-14-9-11-17/h19H,4-14,17H2,1-3H3. The Morgan fingerprint density at radius 3 is 2.52 bits per heavy atom. The molecule has 0 aliphatic rings. The fourth-order valence-corrected chi connectivity index (χ4v) is 2.30. The topological polar surface area (TPSA) is 75.8 Å². The minimum atomic E-state index is -0.663. The first kappa shape index (κ1) is 20.3. The number of ether oxygens (including phenoxy) is 1. The molecule has 0 spiro atoms. The molecule has 1 unspecified atom stereocenters. The molecule has 0 fully saturated rings. The molecule has 0 amide bonds. The van der Waals surface area contributed by atoms with Crippen LogP contribution >= 0.6 is 0 Å². The zero-order chi connectivity index (χ0) is 16.1. The van der Waals surface area contributed by atoms with Crippen LogP contribution in [0, 0.1) is 0 Å². The average molecular weight is 302 g/mol. The van der Waals surface area contributed by atoms with E-state index in [2.05, 4.69) is 11.8 Å². The smallest absolute Gasteiger partial charge is 0.326 e. The van der Waals surface area contributed by atoms with Crippen molar-refractivity contribution in [1.29, 1.82) is 0 Å². The summed E-state index contributed by atoms with van der Waals surface area (Å²) in [5.41, 5.74) is 4.76. The van der Waals surface area contributed by atoms with Gasteiger partial charge in [-0.05, 0) is 52.7 Å². The molecule has 5 heteroatoms. The highest BCUT2D eigenvalue weighted by Crippen LogP contribution is 2.23. The van der Waals surface area contributed by atoms with Crippen molar-refractivity contribution in [2.75, 3.05) is 33.4 Å². The highest BCUT2D eigenvalue weighted by Gasteiger charge is 2.38. The van der Waals surface area contributed by atoms with Gasteiger partial charge in [-0.25, -0.2) is 0 Å². The van der Waals surface area contributed by atoms with Crippen LogP contribution in [0.2, 0.25) is 0 Å². The van der Waals surface area contributed by atoms with Gasteiger partial charge in [-0.15, -0.1) is 0 Å². The van der Waals surface area contributed by atoms with E-state index in [4.69, 9.17) is 15.6 Å². The second-order valence-electron chi connectivity index (χ2n) is 5.86. The van der Waals surface area contributed by atoms with Crippen molar-refractivity contribution >= 4 is 5.97 Å². The molecule has 0 radical (unpaired) electrons. The average Bonchev–Trinajstić information content (AvgIpc) is 2.48. The van der Waals surface area contributed by atoms with Crippen LogP contribution in [-0.4, -0.2) is 54.9 Å². The van der Waals surface area contributed by atoms with E-state index >= 15 is 0 Å². The van der Waals surface area contributed by atoms with E-state index in [0.29, 0.717) is 32.4 Å². The van der Waals surface area contributed by atoms with Crippen LogP contribution in [0.4, 0.5) is 0 Å². The lowest BCUT2D eigenvalue weighted by Gasteiger charge is -2.36. The molecule has 0 saturated carbocycles. The molecular weight excluding hydrogens is 268 g/mol. The fraction of sp³-hybridized carbons (Fsp3) is 0.938. The maximum atomic E-state index is 12.4. The summed E-state index contributed by atoms with van der Waals surface area (Å²) in [6.45, 7) is 5.95. The molecule has 0 aliphatic carbocycles. The Labute approximate surface area is 129 Å². The lowest BCUT2D eigenvalue weighted by atomic mass is 9.93. The predicted octanol–water partition coefficient (Wildman–Crippen LogP) is 1.92. The van der Waals surface area contributed by atoms with E-state index in [9.17, 15) is 4.79 Å². The number of likely N-dealkylation sites (N-methyl/N-ethyl adjacent to an activating group) is 1. The minimum Gasteiger partial charge on any atom is -0.464 e. The maximum Gasteiger partial charge on any atom is 0.326 e. The van der Waals surface area contributed by atoms with E-state index < -0.39 is 5.54 Å². The van der Waals surface area contributed by atoms with Crippen molar-refractivity contribution in [1.82, 2.24) is 4.90 Å². The molecule has 0 heterocycles. The van der Waals surface area contributed by atoms with Crippen LogP contribution in [0.3, 0.4) is 0 Å². The van der Waals surface area contributed by atoms with Crippen LogP contribution < -0.4 is 5.73 Å². The number of nitrogens with two attached hydrogens (primary N) is 1. The third-order valence-corrected chi connectivity index (χ3v) is 4.03. The van der Waals surface area contributed by atoms with Crippen LogP contribution in [0.5, 0.6) is 0 Å². The number of unbranched alkanes of at least 4 members (excludes halogenated alkanes) is 3. The number of aliphatic hydroxyl groups is 1. The molecule has 126 valence electrons. The summed E-state index contributed by atoms with van der Waals surface area (Å²) in [6.07, 6.45) is 6.57. The van der Waals surface area contributed by atoms with Gasteiger partial charge in [-0.3, -0.25) is 9.69 Å². The Bertz CT molecular complexity index is 274. The number of carbonyl (C=O) groups excluding carboxylic acids is 1. The molecule has 1 atom stereocenters. The van der Waals surface area contributed by atoms with Crippen LogP contribution in [0.15, 0.2) is 0 Å². The van der Waals surface area contributed by atoms with E-state index in [0.717, 1.165) is 13.0 Å². The maximum absolute atomic E-state index is 12.4. The lowest BCUT2D eigenvalue weighted by Crippen LogP contribution is -2.52. The van der Waals surface area contributed by atoms with E-state index in [-0.39, 0.29) is 12.6 Å². The van der Waals surface area contributed by atoms with Gasteiger partial charge in [-0.2, -0.15) is 0 Å². The summed E-state index contributed by atoms with van der Waals surface area (Å²) in [5.74, 6) is -0.206. The van der Waals surface area contributed by atoms with Crippen LogP contribution in [0.1, 0.15) is 58.8 Å².